The third-order valence-electron chi connectivity index (χ3n) is 4.63. The summed E-state index contributed by atoms with van der Waals surface area (Å²) >= 11 is 0. The van der Waals surface area contributed by atoms with Crippen LogP contribution in [0.25, 0.3) is 0 Å². The van der Waals surface area contributed by atoms with Crippen LogP contribution >= 0.6 is 0 Å². The summed E-state index contributed by atoms with van der Waals surface area (Å²) in [7, 11) is 3.32. The van der Waals surface area contributed by atoms with Crippen molar-refractivity contribution in [3.05, 3.63) is 65.4 Å². The van der Waals surface area contributed by atoms with E-state index < -0.39 is 5.97 Å². The highest BCUT2D eigenvalue weighted by atomic mass is 16.5. The van der Waals surface area contributed by atoms with Crippen LogP contribution < -0.4 is 15.4 Å². The summed E-state index contributed by atoms with van der Waals surface area (Å²) < 4.78 is 12.2. The lowest BCUT2D eigenvalue weighted by atomic mass is 10.2. The fraction of sp³-hybridized carbons (Fsp3) is 0.208. The van der Waals surface area contributed by atoms with Crippen LogP contribution in [0.5, 0.6) is 5.75 Å². The maximum absolute atomic E-state index is 12.7. The van der Waals surface area contributed by atoms with Gasteiger partial charge in [-0.25, -0.2) is 14.8 Å². The van der Waals surface area contributed by atoms with Gasteiger partial charge >= 0.3 is 5.97 Å². The number of methoxy groups -OCH3 is 1. The normalized spacial score (nSPS) is 10.7. The van der Waals surface area contributed by atoms with Crippen LogP contribution in [0, 0.1) is 0 Å². The Morgan fingerprint density at radius 1 is 1.00 bits per heavy atom. The third kappa shape index (κ3) is 6.52. The number of carbonyl (C=O) groups is 3. The minimum atomic E-state index is -0.549. The summed E-state index contributed by atoms with van der Waals surface area (Å²) in [5.41, 5.74) is 1.75. The van der Waals surface area contributed by atoms with Crippen molar-refractivity contribution in [3.63, 3.8) is 0 Å². The molecule has 2 heterocycles. The lowest BCUT2D eigenvalue weighted by Gasteiger charge is -2.10. The molecule has 1 aromatic carbocycles. The van der Waals surface area contributed by atoms with E-state index in [1.54, 1.807) is 49.2 Å². The number of amides is 2. The molecule has 3 aromatic rings. The van der Waals surface area contributed by atoms with Crippen LogP contribution in [-0.2, 0) is 28.0 Å². The summed E-state index contributed by atoms with van der Waals surface area (Å²) in [6.45, 7) is 2.60. The molecule has 0 aliphatic carbocycles. The first-order chi connectivity index (χ1) is 16.2. The zero-order valence-corrected chi connectivity index (χ0v) is 19.3. The molecule has 10 nitrogen and oxygen atoms in total. The van der Waals surface area contributed by atoms with E-state index in [1.165, 1.54) is 13.8 Å². The number of anilines is 2. The molecule has 0 aliphatic rings. The van der Waals surface area contributed by atoms with Crippen molar-refractivity contribution in [3.8, 4) is 5.75 Å². The topological polar surface area (TPSA) is 124 Å². The Labute approximate surface area is 196 Å². The van der Waals surface area contributed by atoms with Gasteiger partial charge in [-0.05, 0) is 59.7 Å². The summed E-state index contributed by atoms with van der Waals surface area (Å²) in [4.78, 5) is 44.0. The second-order valence-electron chi connectivity index (χ2n) is 7.35. The minimum absolute atomic E-state index is 0.0872. The number of nitrogens with zero attached hydrogens (tertiary/aromatic N) is 3. The molecule has 2 amide bonds. The highest BCUT2D eigenvalue weighted by molar-refractivity contribution is 5.91. The number of aliphatic imine (C=N–C) groups is 1. The Morgan fingerprint density at radius 2 is 1.62 bits per heavy atom. The number of benzene rings is 1. The molecule has 0 unspecified atom stereocenters. The highest BCUT2D eigenvalue weighted by Crippen LogP contribution is 2.20. The largest absolute Gasteiger partial charge is 0.497 e. The van der Waals surface area contributed by atoms with Crippen LogP contribution in [0.3, 0.4) is 0 Å². The first-order valence-electron chi connectivity index (χ1n) is 10.3. The number of esters is 1. The van der Waals surface area contributed by atoms with Gasteiger partial charge in [0.1, 0.15) is 35.5 Å². The van der Waals surface area contributed by atoms with Crippen LogP contribution in [0.2, 0.25) is 0 Å². The molecule has 0 radical (unpaired) electrons. The van der Waals surface area contributed by atoms with Gasteiger partial charge in [0.2, 0.25) is 11.8 Å². The maximum Gasteiger partial charge on any atom is 0.355 e. The average Bonchev–Trinajstić information content (AvgIpc) is 3.15. The molecule has 0 saturated carbocycles. The summed E-state index contributed by atoms with van der Waals surface area (Å²) in [5.74, 6) is 0.616. The number of nitrogens with one attached hydrogen (secondary N) is 2. The number of hydrogen-bond donors (Lipinski definition) is 2. The number of ether oxygens (including phenoxy) is 2. The smallest absolute Gasteiger partial charge is 0.355 e. The molecule has 2 N–H and O–H groups in total. The molecule has 176 valence electrons. The van der Waals surface area contributed by atoms with Gasteiger partial charge in [-0.2, -0.15) is 0 Å². The second-order valence-corrected chi connectivity index (χ2v) is 7.35. The van der Waals surface area contributed by atoms with E-state index in [0.717, 1.165) is 11.3 Å². The molecule has 0 aliphatic heterocycles. The Balaban J connectivity index is 1.70. The van der Waals surface area contributed by atoms with E-state index in [0.29, 0.717) is 17.1 Å². The van der Waals surface area contributed by atoms with Gasteiger partial charge in [-0.3, -0.25) is 9.59 Å². The van der Waals surface area contributed by atoms with Gasteiger partial charge in [0.15, 0.2) is 0 Å². The zero-order chi connectivity index (χ0) is 24.7. The van der Waals surface area contributed by atoms with Crippen molar-refractivity contribution in [1.82, 2.24) is 9.55 Å². The predicted octanol–water partition coefficient (Wildman–Crippen LogP) is 3.45. The molecule has 0 bridgehead atoms. The van der Waals surface area contributed by atoms with Gasteiger partial charge in [-0.15, -0.1) is 0 Å². The lowest BCUT2D eigenvalue weighted by Crippen LogP contribution is -2.13. The van der Waals surface area contributed by atoms with Crippen molar-refractivity contribution in [2.24, 2.45) is 12.0 Å². The van der Waals surface area contributed by atoms with Crippen LogP contribution in [0.15, 0.2) is 53.5 Å². The number of aromatic nitrogens is 2. The predicted molar refractivity (Wildman–Crippen MR) is 128 cm³/mol. The molecule has 10 heteroatoms. The summed E-state index contributed by atoms with van der Waals surface area (Å²) in [6, 6.07) is 13.9. The fourth-order valence-electron chi connectivity index (χ4n) is 3.05. The molecule has 0 spiro atoms. The highest BCUT2D eigenvalue weighted by Gasteiger charge is 2.15. The van der Waals surface area contributed by atoms with E-state index >= 15 is 0 Å². The Hall–Kier alpha value is -4.47. The van der Waals surface area contributed by atoms with E-state index in [-0.39, 0.29) is 30.1 Å². The molecule has 0 atom stereocenters. The third-order valence-corrected chi connectivity index (χ3v) is 4.63. The number of carbonyl (C=O) groups excluding carboxylic acids is 3. The van der Waals surface area contributed by atoms with Gasteiger partial charge in [-0.1, -0.05) is 0 Å². The first kappa shape index (κ1) is 24.2. The molecule has 0 fully saturated rings. The summed E-state index contributed by atoms with van der Waals surface area (Å²) in [6.07, 6.45) is 1.69. The van der Waals surface area contributed by atoms with E-state index in [9.17, 15) is 14.4 Å². The fourth-order valence-corrected chi connectivity index (χ4v) is 3.05. The molecule has 34 heavy (non-hydrogen) atoms. The molecular weight excluding hydrogens is 438 g/mol. The van der Waals surface area contributed by atoms with Gasteiger partial charge < -0.3 is 24.7 Å². The Kier molecular flexibility index (Phi) is 7.75. The molecule has 0 saturated heterocycles. The van der Waals surface area contributed by atoms with Crippen molar-refractivity contribution >= 4 is 41.5 Å². The van der Waals surface area contributed by atoms with Crippen molar-refractivity contribution < 1.29 is 23.9 Å². The van der Waals surface area contributed by atoms with Crippen LogP contribution in [0.4, 0.5) is 17.5 Å². The monoisotopic (exact) mass is 463 g/mol. The number of rotatable bonds is 8. The van der Waals surface area contributed by atoms with Gasteiger partial charge in [0.25, 0.3) is 0 Å². The van der Waals surface area contributed by atoms with Gasteiger partial charge in [0, 0.05) is 27.1 Å². The lowest BCUT2D eigenvalue weighted by molar-refractivity contribution is -0.115. The summed E-state index contributed by atoms with van der Waals surface area (Å²) in [5, 5.41) is 5.11. The Morgan fingerprint density at radius 3 is 2.18 bits per heavy atom. The van der Waals surface area contributed by atoms with Crippen molar-refractivity contribution in [2.75, 3.05) is 17.7 Å². The SMILES string of the molecule is COc1ccc(/C=N/c2ccc(C(=O)OCc3cc(NC(C)=O)nc(NC(C)=O)c3)n2C)cc1. The first-order valence-corrected chi connectivity index (χ1v) is 10.3. The average molecular weight is 463 g/mol. The van der Waals surface area contributed by atoms with E-state index in [2.05, 4.69) is 20.6 Å². The quantitative estimate of drug-likeness (QED) is 0.390. The van der Waals surface area contributed by atoms with Gasteiger partial charge in [0.05, 0.1) is 7.11 Å². The molecule has 2 aromatic heterocycles. The van der Waals surface area contributed by atoms with Crippen molar-refractivity contribution in [2.45, 2.75) is 20.5 Å². The second kappa shape index (κ2) is 10.9. The molecular formula is C24H25N5O5. The number of hydrogen-bond acceptors (Lipinski definition) is 7. The van der Waals surface area contributed by atoms with Crippen LogP contribution in [-0.4, -0.2) is 40.7 Å². The van der Waals surface area contributed by atoms with E-state index in [1.807, 2.05) is 24.3 Å². The number of pyridine rings is 1. The zero-order valence-electron chi connectivity index (χ0n) is 19.3. The molecule has 3 rings (SSSR count). The van der Waals surface area contributed by atoms with Crippen LogP contribution in [0.1, 0.15) is 35.5 Å². The van der Waals surface area contributed by atoms with E-state index in [4.69, 9.17) is 9.47 Å². The Bertz CT molecular complexity index is 1200. The maximum atomic E-state index is 12.7. The minimum Gasteiger partial charge on any atom is -0.497 e. The van der Waals surface area contributed by atoms with Crippen molar-refractivity contribution in [1.29, 1.82) is 0 Å². The standard InChI is InChI=1S/C24H25N5O5/c1-15(30)26-21-11-18(12-22(28-21)27-16(2)31)14-34-24(32)20-9-10-23(29(20)3)25-13-17-5-7-19(33-4)8-6-17/h5-13H,14H2,1-4H3,(H2,26,27,28,30,31)/b25-13+.